The summed E-state index contributed by atoms with van der Waals surface area (Å²) in [6.07, 6.45) is -2.28. The predicted octanol–water partition coefficient (Wildman–Crippen LogP) is 3.14. The Bertz CT molecular complexity index is 1020. The monoisotopic (exact) mass is 390 g/mol. The lowest BCUT2D eigenvalue weighted by molar-refractivity contribution is -0.137. The van der Waals surface area contributed by atoms with Gasteiger partial charge in [-0.25, -0.2) is 9.89 Å². The summed E-state index contributed by atoms with van der Waals surface area (Å²) >= 11 is 0. The molecule has 1 amide bonds. The van der Waals surface area contributed by atoms with E-state index in [1.807, 2.05) is 0 Å². The zero-order valence-corrected chi connectivity index (χ0v) is 14.2. The molecule has 3 rings (SSSR count). The Balaban J connectivity index is 1.64. The molecule has 2 aromatic heterocycles. The normalized spacial score (nSPS) is 11.1. The third-order valence-corrected chi connectivity index (χ3v) is 3.67. The summed E-state index contributed by atoms with van der Waals surface area (Å²) in [7, 11) is 0. The lowest BCUT2D eigenvalue weighted by Crippen LogP contribution is -2.28. The summed E-state index contributed by atoms with van der Waals surface area (Å²) in [5.74, 6) is -0.272. The van der Waals surface area contributed by atoms with Crippen LogP contribution >= 0.6 is 0 Å². The molecule has 0 radical (unpaired) electrons. The third kappa shape index (κ3) is 4.72. The number of amides is 1. The van der Waals surface area contributed by atoms with E-state index >= 15 is 0 Å². The second-order valence-electron chi connectivity index (χ2n) is 5.62. The molecule has 0 aliphatic rings. The molecule has 2 N–H and O–H groups in total. The van der Waals surface area contributed by atoms with Crippen LogP contribution in [0.2, 0.25) is 0 Å². The number of hydrogen-bond donors (Lipinski definition) is 2. The van der Waals surface area contributed by atoms with Gasteiger partial charge in [-0.15, -0.1) is 0 Å². The minimum absolute atomic E-state index is 0.0723. The molecule has 0 spiro atoms. The average molecular weight is 390 g/mol. The van der Waals surface area contributed by atoms with Gasteiger partial charge in [0.15, 0.2) is 0 Å². The van der Waals surface area contributed by atoms with Gasteiger partial charge in [0.25, 0.3) is 0 Å². The first-order valence-electron chi connectivity index (χ1n) is 7.95. The van der Waals surface area contributed by atoms with E-state index in [1.165, 1.54) is 18.2 Å². The molecule has 0 aliphatic carbocycles. The van der Waals surface area contributed by atoms with E-state index in [2.05, 4.69) is 20.5 Å². The molecule has 28 heavy (non-hydrogen) atoms. The third-order valence-electron chi connectivity index (χ3n) is 3.67. The Kier molecular flexibility index (Phi) is 5.39. The second-order valence-corrected chi connectivity index (χ2v) is 5.62. The highest BCUT2D eigenvalue weighted by atomic mass is 19.4. The first-order chi connectivity index (χ1) is 13.3. The number of halogens is 3. The summed E-state index contributed by atoms with van der Waals surface area (Å²) in [4.78, 5) is 27.6. The summed E-state index contributed by atoms with van der Waals surface area (Å²) in [6, 6.07) is 8.93. The summed E-state index contributed by atoms with van der Waals surface area (Å²) < 4.78 is 42.6. The Morgan fingerprint density at radius 2 is 1.79 bits per heavy atom. The van der Waals surface area contributed by atoms with Gasteiger partial charge in [-0.2, -0.15) is 18.3 Å². The maximum atomic E-state index is 12.5. The van der Waals surface area contributed by atoms with Gasteiger partial charge < -0.3 is 10.1 Å². The van der Waals surface area contributed by atoms with E-state index in [0.717, 1.165) is 12.1 Å². The number of benzene rings is 1. The van der Waals surface area contributed by atoms with Crippen molar-refractivity contribution in [1.82, 2.24) is 20.5 Å². The smallest absolute Gasteiger partial charge is 0.404 e. The van der Waals surface area contributed by atoms with Crippen LogP contribution in [0.3, 0.4) is 0 Å². The molecule has 144 valence electrons. The zero-order valence-electron chi connectivity index (χ0n) is 14.2. The quantitative estimate of drug-likeness (QED) is 0.713. The first kappa shape index (κ1) is 19.1. The topological polar surface area (TPSA) is 97.0 Å². The van der Waals surface area contributed by atoms with E-state index in [1.54, 1.807) is 24.5 Å². The van der Waals surface area contributed by atoms with E-state index in [9.17, 15) is 22.8 Å². The van der Waals surface area contributed by atoms with E-state index < -0.39 is 23.4 Å². The number of rotatable bonds is 4. The van der Waals surface area contributed by atoms with Crippen molar-refractivity contribution >= 4 is 6.09 Å². The molecule has 0 bridgehead atoms. The standard InChI is InChI=1S/C18H13F3N4O3/c19-18(20,21)13-3-1-11(2-4-13)10-23-17(27)28-15-9-14(24-25-16(15)26)12-5-7-22-8-6-12/h1-9H,10H2,(H,23,27)(H,25,26). The highest BCUT2D eigenvalue weighted by Gasteiger charge is 2.29. The molecule has 7 nitrogen and oxygen atoms in total. The van der Waals surface area contributed by atoms with Crippen molar-refractivity contribution in [3.63, 3.8) is 0 Å². The predicted molar refractivity (Wildman–Crippen MR) is 92.4 cm³/mol. The first-order valence-corrected chi connectivity index (χ1v) is 7.95. The van der Waals surface area contributed by atoms with Crippen molar-refractivity contribution in [2.75, 3.05) is 0 Å². The highest BCUT2D eigenvalue weighted by molar-refractivity contribution is 5.71. The van der Waals surface area contributed by atoms with Crippen LogP contribution in [0.1, 0.15) is 11.1 Å². The van der Waals surface area contributed by atoms with Crippen molar-refractivity contribution in [2.45, 2.75) is 12.7 Å². The molecular formula is C18H13F3N4O3. The number of alkyl halides is 3. The second kappa shape index (κ2) is 7.91. The molecule has 0 saturated carbocycles. The fourth-order valence-electron chi connectivity index (χ4n) is 2.26. The molecule has 0 unspecified atom stereocenters. The van der Waals surface area contributed by atoms with Crippen molar-refractivity contribution < 1.29 is 22.7 Å². The molecule has 0 atom stereocenters. The number of ether oxygens (including phenoxy) is 1. The minimum atomic E-state index is -4.43. The van der Waals surface area contributed by atoms with Gasteiger partial charge in [0.1, 0.15) is 0 Å². The van der Waals surface area contributed by atoms with Crippen molar-refractivity contribution in [3.8, 4) is 17.0 Å². The van der Waals surface area contributed by atoms with Gasteiger partial charge in [-0.1, -0.05) is 12.1 Å². The van der Waals surface area contributed by atoms with Crippen LogP contribution in [-0.2, 0) is 12.7 Å². The molecule has 10 heteroatoms. The summed E-state index contributed by atoms with van der Waals surface area (Å²) in [5.41, 5.74) is -0.0341. The molecule has 3 aromatic rings. The lowest BCUT2D eigenvalue weighted by Gasteiger charge is -2.09. The van der Waals surface area contributed by atoms with Crippen LogP contribution in [0.25, 0.3) is 11.3 Å². The fraction of sp³-hybridized carbons (Fsp3) is 0.111. The SMILES string of the molecule is O=C(NCc1ccc(C(F)(F)F)cc1)Oc1cc(-c2ccncc2)n[nH]c1=O. The number of nitrogens with zero attached hydrogens (tertiary/aromatic N) is 2. The number of hydrogen-bond acceptors (Lipinski definition) is 5. The van der Waals surface area contributed by atoms with Crippen LogP contribution in [0.5, 0.6) is 5.75 Å². The molecule has 1 aromatic carbocycles. The minimum Gasteiger partial charge on any atom is -0.404 e. The molecule has 0 saturated heterocycles. The number of H-pyrrole nitrogens is 1. The van der Waals surface area contributed by atoms with Gasteiger partial charge in [-0.3, -0.25) is 9.78 Å². The van der Waals surface area contributed by atoms with Gasteiger partial charge in [0.2, 0.25) is 5.75 Å². The number of aromatic nitrogens is 3. The van der Waals surface area contributed by atoms with Crippen molar-refractivity contribution in [2.24, 2.45) is 0 Å². The van der Waals surface area contributed by atoms with Crippen LogP contribution in [0.15, 0.2) is 59.7 Å². The Hall–Kier alpha value is -3.69. The molecular weight excluding hydrogens is 377 g/mol. The average Bonchev–Trinajstić information content (AvgIpc) is 2.68. The van der Waals surface area contributed by atoms with Gasteiger partial charge in [-0.05, 0) is 29.8 Å². The number of nitrogens with one attached hydrogen (secondary N) is 2. The molecule has 2 heterocycles. The van der Waals surface area contributed by atoms with Crippen LogP contribution < -0.4 is 15.6 Å². The Morgan fingerprint density at radius 1 is 1.11 bits per heavy atom. The fourth-order valence-corrected chi connectivity index (χ4v) is 2.26. The van der Waals surface area contributed by atoms with Gasteiger partial charge >= 0.3 is 17.8 Å². The van der Waals surface area contributed by atoms with Gasteiger partial charge in [0, 0.05) is 30.6 Å². The van der Waals surface area contributed by atoms with Crippen molar-refractivity contribution in [1.29, 1.82) is 0 Å². The Morgan fingerprint density at radius 3 is 2.43 bits per heavy atom. The largest absolute Gasteiger partial charge is 0.416 e. The number of carbonyl (C=O) groups is 1. The maximum absolute atomic E-state index is 12.5. The Labute approximate surface area is 156 Å². The summed E-state index contributed by atoms with van der Waals surface area (Å²) in [6.45, 7) is -0.0723. The van der Waals surface area contributed by atoms with E-state index in [-0.39, 0.29) is 12.3 Å². The number of carbonyl (C=O) groups excluding carboxylic acids is 1. The van der Waals surface area contributed by atoms with Crippen molar-refractivity contribution in [3.05, 3.63) is 76.3 Å². The summed E-state index contributed by atoms with van der Waals surface area (Å²) in [5, 5.41) is 8.46. The maximum Gasteiger partial charge on any atom is 0.416 e. The van der Waals surface area contributed by atoms with E-state index in [4.69, 9.17) is 4.74 Å². The molecule has 0 fully saturated rings. The van der Waals surface area contributed by atoms with Crippen LogP contribution in [0.4, 0.5) is 18.0 Å². The lowest BCUT2D eigenvalue weighted by atomic mass is 10.1. The number of pyridine rings is 1. The number of aromatic amines is 1. The zero-order chi connectivity index (χ0) is 20.1. The molecule has 0 aliphatic heterocycles. The van der Waals surface area contributed by atoms with Gasteiger partial charge in [0.05, 0.1) is 11.3 Å². The highest BCUT2D eigenvalue weighted by Crippen LogP contribution is 2.29. The van der Waals surface area contributed by atoms with Crippen LogP contribution in [0, 0.1) is 0 Å². The van der Waals surface area contributed by atoms with Crippen LogP contribution in [-0.4, -0.2) is 21.3 Å². The van der Waals surface area contributed by atoms with E-state index in [0.29, 0.717) is 16.8 Å².